The second-order valence-corrected chi connectivity index (χ2v) is 8.27. The molecular weight excluding hydrogens is 344 g/mol. The van der Waals surface area contributed by atoms with Crippen molar-refractivity contribution in [2.75, 3.05) is 24.5 Å². The monoisotopic (exact) mass is 374 g/mol. The Labute approximate surface area is 161 Å². The van der Waals surface area contributed by atoms with Crippen LogP contribution >= 0.6 is 0 Å². The molecule has 2 aliphatic rings. The summed E-state index contributed by atoms with van der Waals surface area (Å²) in [6.45, 7) is 8.57. The zero-order chi connectivity index (χ0) is 19.4. The van der Waals surface area contributed by atoms with Crippen LogP contribution in [0.4, 0.5) is 10.6 Å². The van der Waals surface area contributed by atoms with Gasteiger partial charge in [-0.15, -0.1) is 0 Å². The molecule has 3 heterocycles. The number of likely N-dealkylation sites (tertiary alicyclic amines) is 1. The van der Waals surface area contributed by atoms with Crippen LogP contribution in [0.3, 0.4) is 0 Å². The first-order valence-corrected chi connectivity index (χ1v) is 9.81. The van der Waals surface area contributed by atoms with Gasteiger partial charge in [-0.1, -0.05) is 6.07 Å². The third-order valence-electron chi connectivity index (χ3n) is 4.89. The van der Waals surface area contributed by atoms with E-state index in [1.807, 2.05) is 39.1 Å². The number of nitrogens with zero attached hydrogens (tertiary/aromatic N) is 3. The highest BCUT2D eigenvalue weighted by atomic mass is 16.6. The lowest BCUT2D eigenvalue weighted by molar-refractivity contribution is -0.125. The van der Waals surface area contributed by atoms with E-state index in [-0.39, 0.29) is 5.91 Å². The number of hydrogen-bond donors (Lipinski definition) is 1. The molecule has 1 aromatic heterocycles. The van der Waals surface area contributed by atoms with E-state index in [9.17, 15) is 9.59 Å². The number of rotatable bonds is 4. The number of amides is 2. The largest absolute Gasteiger partial charge is 0.444 e. The van der Waals surface area contributed by atoms with Crippen LogP contribution in [0.1, 0.15) is 52.0 Å². The average Bonchev–Trinajstić information content (AvgIpc) is 3.30. The number of carbonyl (C=O) groups excluding carboxylic acids is 2. The molecule has 0 bridgehead atoms. The molecule has 1 aromatic rings. The van der Waals surface area contributed by atoms with Crippen LogP contribution in [0.5, 0.6) is 0 Å². The van der Waals surface area contributed by atoms with E-state index in [2.05, 4.69) is 15.2 Å². The highest BCUT2D eigenvalue weighted by Crippen LogP contribution is 2.21. The molecule has 2 amide bonds. The fourth-order valence-electron chi connectivity index (χ4n) is 3.54. The highest BCUT2D eigenvalue weighted by Gasteiger charge is 2.36. The van der Waals surface area contributed by atoms with Crippen LogP contribution in [-0.2, 0) is 16.1 Å². The van der Waals surface area contributed by atoms with Crippen molar-refractivity contribution in [3.63, 3.8) is 0 Å². The highest BCUT2D eigenvalue weighted by molar-refractivity contribution is 5.86. The molecule has 0 spiro atoms. The molecule has 148 valence electrons. The number of aromatic nitrogens is 1. The Morgan fingerprint density at radius 2 is 1.93 bits per heavy atom. The number of nitrogens with one attached hydrogen (secondary N) is 1. The number of hydrogen-bond acceptors (Lipinski definition) is 5. The van der Waals surface area contributed by atoms with E-state index < -0.39 is 17.7 Å². The van der Waals surface area contributed by atoms with Gasteiger partial charge in [0.1, 0.15) is 17.5 Å². The van der Waals surface area contributed by atoms with E-state index in [0.717, 1.165) is 30.9 Å². The van der Waals surface area contributed by atoms with Gasteiger partial charge in [0.2, 0.25) is 5.91 Å². The molecule has 0 aromatic carbocycles. The molecule has 7 heteroatoms. The maximum atomic E-state index is 12.6. The summed E-state index contributed by atoms with van der Waals surface area (Å²) in [5.74, 6) is 0.858. The summed E-state index contributed by atoms with van der Waals surface area (Å²) in [6.07, 6.45) is 5.30. The van der Waals surface area contributed by atoms with Gasteiger partial charge in [0, 0.05) is 32.4 Å². The molecule has 1 atom stereocenters. The molecule has 27 heavy (non-hydrogen) atoms. The summed E-state index contributed by atoms with van der Waals surface area (Å²) in [5.41, 5.74) is 0.386. The number of ether oxygens (including phenoxy) is 1. The van der Waals surface area contributed by atoms with Gasteiger partial charge >= 0.3 is 6.09 Å². The molecule has 2 saturated heterocycles. The smallest absolute Gasteiger partial charge is 0.410 e. The summed E-state index contributed by atoms with van der Waals surface area (Å²) in [5, 5.41) is 2.94. The van der Waals surface area contributed by atoms with Crippen molar-refractivity contribution in [3.05, 3.63) is 23.9 Å². The van der Waals surface area contributed by atoms with E-state index in [4.69, 9.17) is 4.74 Å². The zero-order valence-electron chi connectivity index (χ0n) is 16.5. The van der Waals surface area contributed by atoms with Crippen LogP contribution in [0.15, 0.2) is 18.3 Å². The van der Waals surface area contributed by atoms with Gasteiger partial charge < -0.3 is 15.0 Å². The summed E-state index contributed by atoms with van der Waals surface area (Å²) in [4.78, 5) is 33.2. The molecule has 1 N–H and O–H groups in total. The van der Waals surface area contributed by atoms with E-state index in [0.29, 0.717) is 19.5 Å². The van der Waals surface area contributed by atoms with Gasteiger partial charge in [-0.3, -0.25) is 9.69 Å². The Balaban J connectivity index is 1.52. The number of carbonyl (C=O) groups is 2. The molecule has 1 unspecified atom stereocenters. The maximum absolute atomic E-state index is 12.6. The lowest BCUT2D eigenvalue weighted by atomic mass is 10.2. The summed E-state index contributed by atoms with van der Waals surface area (Å²) < 4.78 is 5.42. The summed E-state index contributed by atoms with van der Waals surface area (Å²) in [7, 11) is 0. The van der Waals surface area contributed by atoms with E-state index in [1.165, 1.54) is 17.7 Å². The zero-order valence-corrected chi connectivity index (χ0v) is 16.5. The SMILES string of the molecule is CC(C)(C)OC(=O)N1CCCC1C(=O)NCc1ccc(N2CCCC2)nc1. The minimum Gasteiger partial charge on any atom is -0.444 e. The normalized spacial score (nSPS) is 20.0. The van der Waals surface area contributed by atoms with Crippen LogP contribution in [0, 0.1) is 0 Å². The topological polar surface area (TPSA) is 74.8 Å². The van der Waals surface area contributed by atoms with E-state index >= 15 is 0 Å². The van der Waals surface area contributed by atoms with Gasteiger partial charge in [0.05, 0.1) is 0 Å². The predicted octanol–water partition coefficient (Wildman–Crippen LogP) is 2.70. The summed E-state index contributed by atoms with van der Waals surface area (Å²) in [6, 6.07) is 3.55. The van der Waals surface area contributed by atoms with Gasteiger partial charge in [0.15, 0.2) is 0 Å². The first kappa shape index (κ1) is 19.5. The van der Waals surface area contributed by atoms with Gasteiger partial charge in [-0.2, -0.15) is 0 Å². The van der Waals surface area contributed by atoms with Crippen molar-refractivity contribution in [2.24, 2.45) is 0 Å². The lowest BCUT2D eigenvalue weighted by Crippen LogP contribution is -2.47. The minimum atomic E-state index is -0.566. The fourth-order valence-corrected chi connectivity index (χ4v) is 3.54. The minimum absolute atomic E-state index is 0.137. The van der Waals surface area contributed by atoms with Crippen molar-refractivity contribution in [2.45, 2.75) is 64.6 Å². The standard InChI is InChI=1S/C20H30N4O3/c1-20(2,3)27-19(26)24-12-6-7-16(24)18(25)22-14-15-8-9-17(21-13-15)23-10-4-5-11-23/h8-9,13,16H,4-7,10-12,14H2,1-3H3,(H,22,25). The number of pyridine rings is 1. The fraction of sp³-hybridized carbons (Fsp3) is 0.650. The Kier molecular flexibility index (Phi) is 5.87. The molecule has 2 fully saturated rings. The Morgan fingerprint density at radius 3 is 2.56 bits per heavy atom. The van der Waals surface area contributed by atoms with Crippen molar-refractivity contribution >= 4 is 17.8 Å². The Morgan fingerprint density at radius 1 is 1.19 bits per heavy atom. The second-order valence-electron chi connectivity index (χ2n) is 8.27. The quantitative estimate of drug-likeness (QED) is 0.877. The molecular formula is C20H30N4O3. The van der Waals surface area contributed by atoms with Gasteiger partial charge in [-0.05, 0) is 58.1 Å². The third-order valence-corrected chi connectivity index (χ3v) is 4.89. The van der Waals surface area contributed by atoms with Crippen LogP contribution < -0.4 is 10.2 Å². The second kappa shape index (κ2) is 8.15. The van der Waals surface area contributed by atoms with Crippen LogP contribution in [0.2, 0.25) is 0 Å². The molecule has 2 aliphatic heterocycles. The first-order chi connectivity index (χ1) is 12.8. The van der Waals surface area contributed by atoms with Gasteiger partial charge in [0.25, 0.3) is 0 Å². The predicted molar refractivity (Wildman–Crippen MR) is 103 cm³/mol. The Bertz CT molecular complexity index is 663. The Hall–Kier alpha value is -2.31. The molecule has 3 rings (SSSR count). The summed E-state index contributed by atoms with van der Waals surface area (Å²) >= 11 is 0. The maximum Gasteiger partial charge on any atom is 0.410 e. The molecule has 0 radical (unpaired) electrons. The number of anilines is 1. The van der Waals surface area contributed by atoms with Crippen molar-refractivity contribution in [1.82, 2.24) is 15.2 Å². The van der Waals surface area contributed by atoms with E-state index in [1.54, 1.807) is 0 Å². The van der Waals surface area contributed by atoms with Gasteiger partial charge in [-0.25, -0.2) is 9.78 Å². The van der Waals surface area contributed by atoms with Crippen LogP contribution in [0.25, 0.3) is 0 Å². The average molecular weight is 374 g/mol. The molecule has 7 nitrogen and oxygen atoms in total. The third kappa shape index (κ3) is 5.11. The van der Waals surface area contributed by atoms with Crippen LogP contribution in [-0.4, -0.2) is 53.2 Å². The lowest BCUT2D eigenvalue weighted by Gasteiger charge is -2.28. The van der Waals surface area contributed by atoms with Crippen molar-refractivity contribution in [3.8, 4) is 0 Å². The molecule has 0 aliphatic carbocycles. The van der Waals surface area contributed by atoms with Crippen molar-refractivity contribution in [1.29, 1.82) is 0 Å². The first-order valence-electron chi connectivity index (χ1n) is 9.81. The van der Waals surface area contributed by atoms with Crippen molar-refractivity contribution < 1.29 is 14.3 Å². The molecule has 0 saturated carbocycles.